The summed E-state index contributed by atoms with van der Waals surface area (Å²) in [6.45, 7) is 2.10. The Morgan fingerprint density at radius 1 is 0.581 bits per heavy atom. The molecule has 0 fully saturated rings. The Labute approximate surface area is 249 Å². The van der Waals surface area contributed by atoms with Crippen molar-refractivity contribution in [1.82, 2.24) is 24.5 Å². The molecule has 8 rings (SSSR count). The fraction of sp³-hybridized carbons (Fsp3) is 0.0556. The minimum Gasteiger partial charge on any atom is -0.308 e. The van der Waals surface area contributed by atoms with Crippen LogP contribution in [0.2, 0.25) is 0 Å². The molecule has 0 N–H and O–H groups in total. The van der Waals surface area contributed by atoms with Gasteiger partial charge in [-0.3, -0.25) is 4.57 Å². The van der Waals surface area contributed by atoms with Crippen LogP contribution >= 0.6 is 7.14 Å². The van der Waals surface area contributed by atoms with Crippen molar-refractivity contribution in [3.05, 3.63) is 133 Å². The molecule has 0 radical (unpaired) electrons. The largest absolute Gasteiger partial charge is 0.308 e. The maximum Gasteiger partial charge on any atom is 0.175 e. The molecule has 0 spiro atoms. The van der Waals surface area contributed by atoms with Crippen molar-refractivity contribution < 1.29 is 4.57 Å². The first-order valence-electron chi connectivity index (χ1n) is 14.3. The van der Waals surface area contributed by atoms with Gasteiger partial charge in [0.25, 0.3) is 0 Å². The topological polar surface area (TPSA) is 73.6 Å². The molecule has 206 valence electrons. The third kappa shape index (κ3) is 3.98. The lowest BCUT2D eigenvalue weighted by molar-refractivity contribution is 0.592. The molecule has 6 nitrogen and oxygen atoms in total. The van der Waals surface area contributed by atoms with Crippen molar-refractivity contribution in [2.24, 2.45) is 0 Å². The van der Waals surface area contributed by atoms with E-state index in [1.807, 2.05) is 127 Å². The third-order valence-corrected chi connectivity index (χ3v) is 11.1. The summed E-state index contributed by atoms with van der Waals surface area (Å²) in [6.07, 6.45) is 0.732. The second kappa shape index (κ2) is 9.97. The van der Waals surface area contributed by atoms with Gasteiger partial charge in [0.15, 0.2) is 24.6 Å². The highest BCUT2D eigenvalue weighted by Crippen LogP contribution is 2.50. The van der Waals surface area contributed by atoms with Crippen molar-refractivity contribution in [3.8, 4) is 39.9 Å². The van der Waals surface area contributed by atoms with E-state index in [1.54, 1.807) is 0 Å². The Kier molecular flexibility index (Phi) is 5.92. The van der Waals surface area contributed by atoms with E-state index in [2.05, 4.69) is 11.5 Å². The van der Waals surface area contributed by atoms with E-state index in [0.29, 0.717) is 17.5 Å². The minimum atomic E-state index is -3.28. The summed E-state index contributed by atoms with van der Waals surface area (Å²) >= 11 is 0. The van der Waals surface area contributed by atoms with Crippen LogP contribution in [0.3, 0.4) is 0 Å². The first kappa shape index (κ1) is 25.5. The number of fused-ring (bicyclic) bond motifs is 2. The highest BCUT2D eigenvalue weighted by atomic mass is 31.2. The first-order valence-corrected chi connectivity index (χ1v) is 16.0. The van der Waals surface area contributed by atoms with Gasteiger partial charge in [0, 0.05) is 39.0 Å². The number of aromatic nitrogens is 5. The molecule has 0 saturated carbocycles. The number of benzene rings is 5. The SMILES string of the molecule is CCc1nc2cc(-c3nc(-c4ccccc4)nc(-c4ccccc4)n3)cc3c2n1-c1ccccc1P3(=O)c1ccccc1. The van der Waals surface area contributed by atoms with Crippen molar-refractivity contribution in [2.75, 3.05) is 0 Å². The molecule has 1 aliphatic rings. The maximum atomic E-state index is 15.6. The number of hydrogen-bond acceptors (Lipinski definition) is 5. The van der Waals surface area contributed by atoms with E-state index in [0.717, 1.165) is 61.6 Å². The molecule has 43 heavy (non-hydrogen) atoms. The van der Waals surface area contributed by atoms with Crippen molar-refractivity contribution in [1.29, 1.82) is 0 Å². The monoisotopic (exact) mass is 575 g/mol. The van der Waals surface area contributed by atoms with E-state index >= 15 is 4.57 Å². The fourth-order valence-corrected chi connectivity index (χ4v) is 9.04. The Morgan fingerprint density at radius 3 is 1.72 bits per heavy atom. The summed E-state index contributed by atoms with van der Waals surface area (Å²) < 4.78 is 17.8. The van der Waals surface area contributed by atoms with Gasteiger partial charge in [0.05, 0.1) is 16.7 Å². The van der Waals surface area contributed by atoms with Crippen LogP contribution < -0.4 is 15.9 Å². The molecule has 2 aromatic heterocycles. The number of para-hydroxylation sites is 1. The van der Waals surface area contributed by atoms with Gasteiger partial charge in [-0.15, -0.1) is 0 Å². The van der Waals surface area contributed by atoms with Gasteiger partial charge in [-0.25, -0.2) is 19.9 Å². The third-order valence-electron chi connectivity index (χ3n) is 8.00. The Morgan fingerprint density at radius 2 is 1.12 bits per heavy atom. The molecular formula is C36H26N5OP. The zero-order chi connectivity index (χ0) is 29.0. The second-order valence-corrected chi connectivity index (χ2v) is 13.3. The van der Waals surface area contributed by atoms with Gasteiger partial charge in [0.1, 0.15) is 5.82 Å². The number of imidazole rings is 1. The average molecular weight is 576 g/mol. The summed E-state index contributed by atoms with van der Waals surface area (Å²) in [5.74, 6) is 2.59. The molecular weight excluding hydrogens is 549 g/mol. The summed E-state index contributed by atoms with van der Waals surface area (Å²) in [6, 6.07) is 41.7. The van der Waals surface area contributed by atoms with Gasteiger partial charge in [-0.2, -0.15) is 0 Å². The molecule has 7 aromatic rings. The molecule has 1 aliphatic heterocycles. The minimum absolute atomic E-state index is 0.511. The molecule has 3 heterocycles. The quantitative estimate of drug-likeness (QED) is 0.213. The fourth-order valence-electron chi connectivity index (χ4n) is 6.01. The van der Waals surface area contributed by atoms with Gasteiger partial charge in [-0.05, 0) is 24.3 Å². The smallest absolute Gasteiger partial charge is 0.175 e. The molecule has 7 heteroatoms. The zero-order valence-corrected chi connectivity index (χ0v) is 24.3. The van der Waals surface area contributed by atoms with Crippen LogP contribution in [-0.4, -0.2) is 24.5 Å². The Balaban J connectivity index is 1.45. The predicted molar refractivity (Wildman–Crippen MR) is 173 cm³/mol. The van der Waals surface area contributed by atoms with Crippen LogP contribution in [-0.2, 0) is 11.0 Å². The number of hydrogen-bond donors (Lipinski definition) is 0. The molecule has 0 aliphatic carbocycles. The van der Waals surface area contributed by atoms with Crippen LogP contribution in [0.15, 0.2) is 127 Å². The lowest BCUT2D eigenvalue weighted by Gasteiger charge is -2.29. The highest BCUT2D eigenvalue weighted by Gasteiger charge is 2.40. The summed E-state index contributed by atoms with van der Waals surface area (Å²) in [5.41, 5.74) is 5.12. The first-order chi connectivity index (χ1) is 21.1. The molecule has 1 unspecified atom stereocenters. The lowest BCUT2D eigenvalue weighted by atomic mass is 10.1. The highest BCUT2D eigenvalue weighted by molar-refractivity contribution is 7.86. The van der Waals surface area contributed by atoms with E-state index in [4.69, 9.17) is 19.9 Å². The van der Waals surface area contributed by atoms with E-state index in [9.17, 15) is 0 Å². The molecule has 0 amide bonds. The van der Waals surface area contributed by atoms with Crippen LogP contribution in [0.1, 0.15) is 12.7 Å². The van der Waals surface area contributed by atoms with Crippen molar-refractivity contribution in [3.63, 3.8) is 0 Å². The van der Waals surface area contributed by atoms with Gasteiger partial charge in [-0.1, -0.05) is 110 Å². The van der Waals surface area contributed by atoms with Crippen LogP contribution in [0.5, 0.6) is 0 Å². The maximum absolute atomic E-state index is 15.6. The Bertz CT molecular complexity index is 2140. The van der Waals surface area contributed by atoms with Crippen LogP contribution in [0, 0.1) is 0 Å². The van der Waals surface area contributed by atoms with E-state index < -0.39 is 7.14 Å². The Hall–Kier alpha value is -5.19. The molecule has 0 bridgehead atoms. The lowest BCUT2D eigenvalue weighted by Crippen LogP contribution is -2.33. The van der Waals surface area contributed by atoms with Gasteiger partial charge < -0.3 is 4.57 Å². The standard InChI is InChI=1S/C36H26N5OP/c1-2-32-37-28-22-26(36-39-34(24-14-6-3-7-15-24)38-35(40-36)25-16-8-4-9-17-25)23-31-33(28)41(32)29-20-12-13-21-30(29)43(31,42)27-18-10-5-11-19-27/h3-23H,2H2,1H3. The second-order valence-electron chi connectivity index (χ2n) is 10.6. The van der Waals surface area contributed by atoms with Crippen LogP contribution in [0.4, 0.5) is 0 Å². The summed E-state index contributed by atoms with van der Waals surface area (Å²) in [4.78, 5) is 19.9. The van der Waals surface area contributed by atoms with Crippen LogP contribution in [0.25, 0.3) is 50.9 Å². The van der Waals surface area contributed by atoms with Crippen molar-refractivity contribution in [2.45, 2.75) is 13.3 Å². The molecule has 0 saturated heterocycles. The van der Waals surface area contributed by atoms with Crippen molar-refractivity contribution >= 4 is 34.1 Å². The molecule has 5 aromatic carbocycles. The number of aryl methyl sites for hydroxylation is 1. The average Bonchev–Trinajstić information content (AvgIpc) is 3.47. The number of rotatable bonds is 5. The number of nitrogens with zero attached hydrogens (tertiary/aromatic N) is 5. The zero-order valence-electron chi connectivity index (χ0n) is 23.4. The predicted octanol–water partition coefficient (Wildman–Crippen LogP) is 6.73. The summed E-state index contributed by atoms with van der Waals surface area (Å²) in [7, 11) is -3.28. The van der Waals surface area contributed by atoms with E-state index in [1.165, 1.54) is 0 Å². The normalized spacial score (nSPS) is 15.4. The molecule has 1 atom stereocenters. The van der Waals surface area contributed by atoms with E-state index in [-0.39, 0.29) is 0 Å². The van der Waals surface area contributed by atoms with Gasteiger partial charge >= 0.3 is 0 Å². The van der Waals surface area contributed by atoms with Gasteiger partial charge in [0.2, 0.25) is 0 Å². The summed E-state index contributed by atoms with van der Waals surface area (Å²) in [5, 5.41) is 2.35.